The smallest absolute Gasteiger partial charge is 0.200 e. The highest BCUT2D eigenvalue weighted by atomic mass is 35.5. The first-order valence-electron chi connectivity index (χ1n) is 8.94. The van der Waals surface area contributed by atoms with Crippen LogP contribution < -0.4 is 0 Å². The highest BCUT2D eigenvalue weighted by molar-refractivity contribution is 7.89. The molecule has 1 heterocycles. The summed E-state index contributed by atoms with van der Waals surface area (Å²) in [5, 5.41) is 5.11. The van der Waals surface area contributed by atoms with Crippen molar-refractivity contribution in [2.24, 2.45) is 5.10 Å². The molecule has 4 nitrogen and oxygen atoms in total. The van der Waals surface area contributed by atoms with Crippen molar-refractivity contribution in [2.45, 2.75) is 24.3 Å². The molecule has 0 fully saturated rings. The van der Waals surface area contributed by atoms with Gasteiger partial charge < -0.3 is 0 Å². The second-order valence-electron chi connectivity index (χ2n) is 6.78. The zero-order valence-electron chi connectivity index (χ0n) is 15.3. The summed E-state index contributed by atoms with van der Waals surface area (Å²) < 4.78 is 27.9. The van der Waals surface area contributed by atoms with Crippen molar-refractivity contribution in [2.75, 3.05) is 0 Å². The predicted octanol–water partition coefficient (Wildman–Crippen LogP) is 5.19. The van der Waals surface area contributed by atoms with Gasteiger partial charge in [-0.15, -0.1) is 0 Å². The Morgan fingerprint density at radius 2 is 1.68 bits per heavy atom. The molecule has 3 aromatic rings. The average Bonchev–Trinajstić information content (AvgIpc) is 3.16. The Balaban J connectivity index is 1.81. The molecule has 0 spiro atoms. The van der Waals surface area contributed by atoms with E-state index in [2.05, 4.69) is 5.10 Å². The second kappa shape index (κ2) is 7.41. The lowest BCUT2D eigenvalue weighted by Crippen LogP contribution is -2.27. The third-order valence-corrected chi connectivity index (χ3v) is 6.71. The van der Waals surface area contributed by atoms with Crippen LogP contribution in [0.1, 0.15) is 29.2 Å². The summed E-state index contributed by atoms with van der Waals surface area (Å²) in [6.45, 7) is 2.02. The standard InChI is InChI=1S/C22H19ClN2O2S/c1-16-10-12-17(13-11-16)21-15-22(18-6-5-7-19(23)14-18)25(24-21)28(26,27)20-8-3-2-4-9-20/h2-14,22H,15H2,1H3/t22-/m0/s1. The van der Waals surface area contributed by atoms with E-state index in [9.17, 15) is 8.42 Å². The SMILES string of the molecule is Cc1ccc(C2=NN(S(=O)(=O)c3ccccc3)[C@H](c3cccc(Cl)c3)C2)cc1. The van der Waals surface area contributed by atoms with Crippen LogP contribution in [0.3, 0.4) is 0 Å². The van der Waals surface area contributed by atoms with E-state index < -0.39 is 16.1 Å². The first-order chi connectivity index (χ1) is 13.4. The lowest BCUT2D eigenvalue weighted by atomic mass is 9.99. The van der Waals surface area contributed by atoms with E-state index >= 15 is 0 Å². The van der Waals surface area contributed by atoms with Gasteiger partial charge in [-0.1, -0.05) is 71.8 Å². The summed E-state index contributed by atoms with van der Waals surface area (Å²) in [5.41, 5.74) is 3.62. The molecule has 4 rings (SSSR count). The van der Waals surface area contributed by atoms with E-state index in [0.29, 0.717) is 11.4 Å². The van der Waals surface area contributed by atoms with Crippen LogP contribution in [-0.2, 0) is 10.0 Å². The summed E-state index contributed by atoms with van der Waals surface area (Å²) in [4.78, 5) is 0.218. The molecule has 0 aromatic heterocycles. The fourth-order valence-electron chi connectivity index (χ4n) is 3.29. The fourth-order valence-corrected chi connectivity index (χ4v) is 4.95. The molecule has 1 aliphatic heterocycles. The van der Waals surface area contributed by atoms with Gasteiger partial charge in [0.25, 0.3) is 10.0 Å². The third-order valence-electron chi connectivity index (χ3n) is 4.78. The number of benzene rings is 3. The van der Waals surface area contributed by atoms with Gasteiger partial charge in [-0.3, -0.25) is 0 Å². The van der Waals surface area contributed by atoms with Gasteiger partial charge in [0, 0.05) is 11.4 Å². The molecule has 3 aromatic carbocycles. The van der Waals surface area contributed by atoms with Crippen molar-refractivity contribution in [3.8, 4) is 0 Å². The molecule has 0 bridgehead atoms. The topological polar surface area (TPSA) is 49.7 Å². The minimum Gasteiger partial charge on any atom is -0.200 e. The molecule has 142 valence electrons. The van der Waals surface area contributed by atoms with Gasteiger partial charge in [0.05, 0.1) is 16.6 Å². The van der Waals surface area contributed by atoms with Crippen molar-refractivity contribution in [1.82, 2.24) is 4.41 Å². The van der Waals surface area contributed by atoms with Crippen molar-refractivity contribution in [3.05, 3.63) is 101 Å². The second-order valence-corrected chi connectivity index (χ2v) is 9.01. The van der Waals surface area contributed by atoms with Crippen LogP contribution in [0.15, 0.2) is 88.9 Å². The zero-order chi connectivity index (χ0) is 19.7. The third kappa shape index (κ3) is 3.55. The molecule has 28 heavy (non-hydrogen) atoms. The Bertz CT molecular complexity index is 1130. The van der Waals surface area contributed by atoms with Gasteiger partial charge in [0.1, 0.15) is 0 Å². The summed E-state index contributed by atoms with van der Waals surface area (Å²) in [6.07, 6.45) is 0.482. The predicted molar refractivity (Wildman–Crippen MR) is 112 cm³/mol. The molecular formula is C22H19ClN2O2S. The maximum Gasteiger partial charge on any atom is 0.279 e. The number of aryl methyl sites for hydroxylation is 1. The molecule has 0 unspecified atom stereocenters. The summed E-state index contributed by atoms with van der Waals surface area (Å²) in [7, 11) is -3.80. The molecule has 1 aliphatic rings. The Morgan fingerprint density at radius 3 is 2.36 bits per heavy atom. The average molecular weight is 411 g/mol. The van der Waals surface area contributed by atoms with Crippen molar-refractivity contribution < 1.29 is 8.42 Å². The minimum atomic E-state index is -3.80. The molecule has 0 radical (unpaired) electrons. The van der Waals surface area contributed by atoms with Crippen molar-refractivity contribution >= 4 is 27.3 Å². The van der Waals surface area contributed by atoms with Crippen LogP contribution in [0.25, 0.3) is 0 Å². The van der Waals surface area contributed by atoms with Gasteiger partial charge >= 0.3 is 0 Å². The first-order valence-corrected chi connectivity index (χ1v) is 10.8. The van der Waals surface area contributed by atoms with Gasteiger partial charge in [-0.25, -0.2) is 0 Å². The minimum absolute atomic E-state index is 0.218. The molecular weight excluding hydrogens is 392 g/mol. The number of hydrogen-bond acceptors (Lipinski definition) is 3. The molecule has 0 saturated carbocycles. The van der Waals surface area contributed by atoms with Crippen LogP contribution in [0.5, 0.6) is 0 Å². The van der Waals surface area contributed by atoms with Crippen molar-refractivity contribution in [1.29, 1.82) is 0 Å². The van der Waals surface area contributed by atoms with Crippen LogP contribution >= 0.6 is 11.6 Å². The Kier molecular flexibility index (Phi) is 4.96. The fraction of sp³-hybridized carbons (Fsp3) is 0.136. The van der Waals surface area contributed by atoms with Crippen molar-refractivity contribution in [3.63, 3.8) is 0 Å². The number of halogens is 1. The summed E-state index contributed by atoms with van der Waals surface area (Å²) in [5.74, 6) is 0. The van der Waals surface area contributed by atoms with E-state index in [1.807, 2.05) is 43.3 Å². The molecule has 0 saturated heterocycles. The van der Waals surface area contributed by atoms with Crippen LogP contribution in [0, 0.1) is 6.92 Å². The molecule has 0 aliphatic carbocycles. The Labute approximate surface area is 170 Å². The maximum absolute atomic E-state index is 13.3. The number of hydrogen-bond donors (Lipinski definition) is 0. The number of rotatable bonds is 4. The molecule has 0 N–H and O–H groups in total. The van der Waals surface area contributed by atoms with E-state index in [1.165, 1.54) is 4.41 Å². The molecule has 0 amide bonds. The van der Waals surface area contributed by atoms with Gasteiger partial charge in [-0.2, -0.15) is 17.9 Å². The largest absolute Gasteiger partial charge is 0.279 e. The quantitative estimate of drug-likeness (QED) is 0.594. The van der Waals surface area contributed by atoms with E-state index in [0.717, 1.165) is 22.4 Å². The zero-order valence-corrected chi connectivity index (χ0v) is 16.9. The van der Waals surface area contributed by atoms with Crippen LogP contribution in [-0.4, -0.2) is 18.5 Å². The normalized spacial score (nSPS) is 16.9. The van der Waals surface area contributed by atoms with Gasteiger partial charge in [-0.05, 0) is 42.3 Å². The highest BCUT2D eigenvalue weighted by Gasteiger charge is 2.37. The Hall–Kier alpha value is -2.63. The molecule has 6 heteroatoms. The van der Waals surface area contributed by atoms with E-state index in [1.54, 1.807) is 42.5 Å². The van der Waals surface area contributed by atoms with Crippen LogP contribution in [0.4, 0.5) is 0 Å². The summed E-state index contributed by atoms with van der Waals surface area (Å²) >= 11 is 6.17. The van der Waals surface area contributed by atoms with E-state index in [-0.39, 0.29) is 4.90 Å². The maximum atomic E-state index is 13.3. The first kappa shape index (κ1) is 18.7. The lowest BCUT2D eigenvalue weighted by molar-refractivity contribution is 0.371. The number of sulfonamides is 1. The highest BCUT2D eigenvalue weighted by Crippen LogP contribution is 2.37. The summed E-state index contributed by atoms with van der Waals surface area (Å²) in [6, 6.07) is 23.2. The Morgan fingerprint density at radius 1 is 0.964 bits per heavy atom. The molecule has 1 atom stereocenters. The van der Waals surface area contributed by atoms with Gasteiger partial charge in [0.2, 0.25) is 0 Å². The lowest BCUT2D eigenvalue weighted by Gasteiger charge is -2.23. The number of hydrazone groups is 1. The van der Waals surface area contributed by atoms with Gasteiger partial charge in [0.15, 0.2) is 0 Å². The van der Waals surface area contributed by atoms with E-state index in [4.69, 9.17) is 11.6 Å². The monoisotopic (exact) mass is 410 g/mol. The number of nitrogens with zero attached hydrogens (tertiary/aromatic N) is 2. The van der Waals surface area contributed by atoms with Crippen LogP contribution in [0.2, 0.25) is 5.02 Å².